The van der Waals surface area contributed by atoms with E-state index in [2.05, 4.69) is 36.0 Å². The summed E-state index contributed by atoms with van der Waals surface area (Å²) in [5.74, 6) is 0.273. The Hall–Kier alpha value is -0.870. The number of rotatable bonds is 7. The Morgan fingerprint density at radius 1 is 1.32 bits per heavy atom. The molecule has 2 unspecified atom stereocenters. The highest BCUT2D eigenvalue weighted by molar-refractivity contribution is 7.07. The minimum Gasteiger partial charge on any atom is -0.322 e. The van der Waals surface area contributed by atoms with Gasteiger partial charge in [-0.2, -0.15) is 11.3 Å². The van der Waals surface area contributed by atoms with Crippen molar-refractivity contribution in [3.05, 3.63) is 22.4 Å². The highest BCUT2D eigenvalue weighted by Gasteiger charge is 2.38. The Kier molecular flexibility index (Phi) is 5.40. The molecule has 0 spiro atoms. The summed E-state index contributed by atoms with van der Waals surface area (Å²) in [6.45, 7) is 5.16. The Balaban J connectivity index is 2.00. The molecule has 2 rings (SSSR count). The molecule has 0 aliphatic carbocycles. The molecule has 2 heterocycles. The maximum atomic E-state index is 12.4. The molecule has 1 aromatic heterocycles. The number of hydrogen-bond donors (Lipinski definition) is 1. The summed E-state index contributed by atoms with van der Waals surface area (Å²) in [6, 6.07) is 2.11. The van der Waals surface area contributed by atoms with Crippen LogP contribution in [0.2, 0.25) is 0 Å². The van der Waals surface area contributed by atoms with Crippen molar-refractivity contribution >= 4 is 17.2 Å². The van der Waals surface area contributed by atoms with Gasteiger partial charge in [0.15, 0.2) is 0 Å². The second-order valence-electron chi connectivity index (χ2n) is 5.18. The van der Waals surface area contributed by atoms with Gasteiger partial charge in [0.2, 0.25) is 5.91 Å². The molecule has 2 atom stereocenters. The van der Waals surface area contributed by atoms with Gasteiger partial charge in [0, 0.05) is 6.54 Å². The Morgan fingerprint density at radius 3 is 2.79 bits per heavy atom. The van der Waals surface area contributed by atoms with Gasteiger partial charge in [-0.1, -0.05) is 33.1 Å². The minimum absolute atomic E-state index is 0.00363. The fourth-order valence-electron chi connectivity index (χ4n) is 2.63. The molecular weight excluding hydrogens is 256 g/mol. The van der Waals surface area contributed by atoms with Crippen LogP contribution in [-0.4, -0.2) is 23.4 Å². The standard InChI is InChI=1S/C15H24N2OS/c1-3-5-6-7-9-17-14(12-8-10-19-11-12)16-13(4-2)15(17)18/h8,10-11,13-14,16H,3-7,9H2,1-2H3. The van der Waals surface area contributed by atoms with Gasteiger partial charge >= 0.3 is 0 Å². The van der Waals surface area contributed by atoms with Crippen LogP contribution in [0.4, 0.5) is 0 Å². The summed E-state index contributed by atoms with van der Waals surface area (Å²) in [7, 11) is 0. The molecule has 0 bridgehead atoms. The van der Waals surface area contributed by atoms with E-state index in [-0.39, 0.29) is 18.1 Å². The van der Waals surface area contributed by atoms with Crippen molar-refractivity contribution in [1.29, 1.82) is 0 Å². The Bertz CT molecular complexity index is 391. The van der Waals surface area contributed by atoms with Crippen LogP contribution in [0.5, 0.6) is 0 Å². The van der Waals surface area contributed by atoms with Gasteiger partial charge in [0.05, 0.1) is 6.04 Å². The molecule has 0 aromatic carbocycles. The van der Waals surface area contributed by atoms with Crippen molar-refractivity contribution in [2.75, 3.05) is 6.54 Å². The van der Waals surface area contributed by atoms with E-state index in [1.165, 1.54) is 24.8 Å². The number of unbranched alkanes of at least 4 members (excludes halogenated alkanes) is 3. The first-order valence-corrected chi connectivity index (χ1v) is 8.30. The van der Waals surface area contributed by atoms with Gasteiger partial charge in [-0.15, -0.1) is 0 Å². The number of amides is 1. The Labute approximate surface area is 120 Å². The molecule has 4 heteroatoms. The predicted molar refractivity (Wildman–Crippen MR) is 80.1 cm³/mol. The minimum atomic E-state index is -0.00363. The molecule has 1 fully saturated rings. The van der Waals surface area contributed by atoms with Crippen molar-refractivity contribution < 1.29 is 4.79 Å². The molecule has 1 amide bonds. The van der Waals surface area contributed by atoms with Gasteiger partial charge in [0.25, 0.3) is 0 Å². The van der Waals surface area contributed by atoms with Crippen molar-refractivity contribution in [2.24, 2.45) is 0 Å². The highest BCUT2D eigenvalue weighted by atomic mass is 32.1. The first-order valence-electron chi connectivity index (χ1n) is 7.36. The normalized spacial score (nSPS) is 23.3. The van der Waals surface area contributed by atoms with Crippen molar-refractivity contribution in [3.63, 3.8) is 0 Å². The van der Waals surface area contributed by atoms with Crippen LogP contribution in [0, 0.1) is 0 Å². The summed E-state index contributed by atoms with van der Waals surface area (Å²) < 4.78 is 0. The molecule has 106 valence electrons. The predicted octanol–water partition coefficient (Wildman–Crippen LogP) is 3.54. The van der Waals surface area contributed by atoms with Crippen molar-refractivity contribution in [3.8, 4) is 0 Å². The van der Waals surface area contributed by atoms with E-state index in [0.717, 1.165) is 19.4 Å². The van der Waals surface area contributed by atoms with Crippen LogP contribution < -0.4 is 5.32 Å². The zero-order valence-corrected chi connectivity index (χ0v) is 12.7. The number of nitrogens with one attached hydrogen (secondary N) is 1. The number of carbonyl (C=O) groups excluding carboxylic acids is 1. The van der Waals surface area contributed by atoms with E-state index in [9.17, 15) is 4.79 Å². The third-order valence-corrected chi connectivity index (χ3v) is 4.47. The third kappa shape index (κ3) is 3.37. The maximum Gasteiger partial charge on any atom is 0.241 e. The molecule has 19 heavy (non-hydrogen) atoms. The summed E-state index contributed by atoms with van der Waals surface area (Å²) >= 11 is 1.69. The third-order valence-electron chi connectivity index (χ3n) is 3.77. The zero-order valence-electron chi connectivity index (χ0n) is 11.9. The average molecular weight is 280 g/mol. The van der Waals surface area contributed by atoms with E-state index in [1.807, 2.05) is 4.90 Å². The Morgan fingerprint density at radius 2 is 2.16 bits per heavy atom. The van der Waals surface area contributed by atoms with Crippen LogP contribution in [-0.2, 0) is 4.79 Å². The van der Waals surface area contributed by atoms with Gasteiger partial charge in [0.1, 0.15) is 6.17 Å². The quantitative estimate of drug-likeness (QED) is 0.775. The molecule has 1 aromatic rings. The van der Waals surface area contributed by atoms with Gasteiger partial charge in [-0.3, -0.25) is 10.1 Å². The smallest absolute Gasteiger partial charge is 0.241 e. The van der Waals surface area contributed by atoms with E-state index < -0.39 is 0 Å². The monoisotopic (exact) mass is 280 g/mol. The summed E-state index contributed by atoms with van der Waals surface area (Å²) in [6.07, 6.45) is 5.77. The number of hydrogen-bond acceptors (Lipinski definition) is 3. The lowest BCUT2D eigenvalue weighted by Crippen LogP contribution is -2.31. The lowest BCUT2D eigenvalue weighted by atomic mass is 10.2. The van der Waals surface area contributed by atoms with Crippen LogP contribution in [0.1, 0.15) is 57.7 Å². The van der Waals surface area contributed by atoms with Crippen molar-refractivity contribution in [2.45, 2.75) is 58.2 Å². The van der Waals surface area contributed by atoms with Gasteiger partial charge in [-0.25, -0.2) is 0 Å². The lowest BCUT2D eigenvalue weighted by molar-refractivity contribution is -0.130. The van der Waals surface area contributed by atoms with Crippen LogP contribution >= 0.6 is 11.3 Å². The molecule has 0 saturated carbocycles. The SMILES string of the molecule is CCCCCCN1C(=O)C(CC)NC1c1ccsc1. The van der Waals surface area contributed by atoms with Crippen LogP contribution in [0.25, 0.3) is 0 Å². The van der Waals surface area contributed by atoms with E-state index in [0.29, 0.717) is 0 Å². The molecule has 0 radical (unpaired) electrons. The summed E-state index contributed by atoms with van der Waals surface area (Å²) in [5, 5.41) is 7.69. The molecule has 1 N–H and O–H groups in total. The van der Waals surface area contributed by atoms with E-state index >= 15 is 0 Å². The largest absolute Gasteiger partial charge is 0.322 e. The lowest BCUT2D eigenvalue weighted by Gasteiger charge is -2.23. The number of thiophene rings is 1. The number of carbonyl (C=O) groups is 1. The van der Waals surface area contributed by atoms with E-state index in [1.54, 1.807) is 11.3 Å². The number of nitrogens with zero attached hydrogens (tertiary/aromatic N) is 1. The summed E-state index contributed by atoms with van der Waals surface area (Å²) in [5.41, 5.74) is 1.23. The second kappa shape index (κ2) is 7.06. The fourth-order valence-corrected chi connectivity index (χ4v) is 3.31. The topological polar surface area (TPSA) is 32.3 Å². The van der Waals surface area contributed by atoms with Crippen LogP contribution in [0.15, 0.2) is 16.8 Å². The summed E-state index contributed by atoms with van der Waals surface area (Å²) in [4.78, 5) is 14.4. The zero-order chi connectivity index (χ0) is 13.7. The molecule has 1 aliphatic heterocycles. The molecule has 1 saturated heterocycles. The van der Waals surface area contributed by atoms with Gasteiger partial charge < -0.3 is 4.90 Å². The first-order chi connectivity index (χ1) is 9.27. The second-order valence-corrected chi connectivity index (χ2v) is 5.96. The first kappa shape index (κ1) is 14.5. The highest BCUT2D eigenvalue weighted by Crippen LogP contribution is 2.28. The molecular formula is C15H24N2OS. The maximum absolute atomic E-state index is 12.4. The fraction of sp³-hybridized carbons (Fsp3) is 0.667. The van der Waals surface area contributed by atoms with Crippen LogP contribution in [0.3, 0.4) is 0 Å². The van der Waals surface area contributed by atoms with Gasteiger partial charge in [-0.05, 0) is 35.2 Å². The van der Waals surface area contributed by atoms with Crippen molar-refractivity contribution in [1.82, 2.24) is 10.2 Å². The van der Waals surface area contributed by atoms with E-state index in [4.69, 9.17) is 0 Å². The average Bonchev–Trinajstić information content (AvgIpc) is 3.03. The molecule has 1 aliphatic rings. The molecule has 3 nitrogen and oxygen atoms in total.